The van der Waals surface area contributed by atoms with E-state index in [9.17, 15) is 14.4 Å². The predicted octanol–water partition coefficient (Wildman–Crippen LogP) is -0.908. The van der Waals surface area contributed by atoms with Gasteiger partial charge in [-0.2, -0.15) is 0 Å². The van der Waals surface area contributed by atoms with Crippen LogP contribution in [0.2, 0.25) is 0 Å². The van der Waals surface area contributed by atoms with Gasteiger partial charge in [-0.3, -0.25) is 19.8 Å². The number of carbonyl (C=O) groups is 3. The first-order chi connectivity index (χ1) is 11.1. The number of nitrogens with two attached hydrogens (primary N) is 2. The van der Waals surface area contributed by atoms with Gasteiger partial charge in [-0.1, -0.05) is 11.8 Å². The Morgan fingerprint density at radius 2 is 1.62 bits per heavy atom. The summed E-state index contributed by atoms with van der Waals surface area (Å²) in [6, 6.07) is -0.916. The zero-order valence-electron chi connectivity index (χ0n) is 13.5. The Bertz CT molecular complexity index is 500. The second-order valence-electron chi connectivity index (χ2n) is 5.05. The van der Waals surface area contributed by atoms with Gasteiger partial charge in [0, 0.05) is 20.8 Å². The number of thioether (sulfide) groups is 1. The zero-order valence-corrected chi connectivity index (χ0v) is 14.3. The minimum Gasteiger partial charge on any atom is -0.463 e. The molecule has 136 valence electrons. The molecule has 0 bridgehead atoms. The van der Waals surface area contributed by atoms with Gasteiger partial charge in [-0.05, 0) is 0 Å². The molecular formula is C13H21N3O7S. The average molecular weight is 363 g/mol. The topological polar surface area (TPSA) is 164 Å². The molecule has 5 atom stereocenters. The highest BCUT2D eigenvalue weighted by Crippen LogP contribution is 2.31. The van der Waals surface area contributed by atoms with Crippen LogP contribution < -0.4 is 11.5 Å². The van der Waals surface area contributed by atoms with Gasteiger partial charge in [0.25, 0.3) is 0 Å². The van der Waals surface area contributed by atoms with Crippen molar-refractivity contribution >= 4 is 34.8 Å². The molecule has 0 radical (unpaired) electrons. The smallest absolute Gasteiger partial charge is 0.303 e. The van der Waals surface area contributed by atoms with Gasteiger partial charge in [0.15, 0.2) is 17.4 Å². The van der Waals surface area contributed by atoms with Crippen molar-refractivity contribution in [2.45, 2.75) is 50.6 Å². The SMILES string of the molecule is CC(=O)OCC1OC(SC(=N)N)C(N)C(OC(C)=O)C1OC(C)=O. The maximum absolute atomic E-state index is 11.4. The summed E-state index contributed by atoms with van der Waals surface area (Å²) in [6.45, 7) is 3.32. The molecule has 5 unspecified atom stereocenters. The Labute approximate surface area is 143 Å². The summed E-state index contributed by atoms with van der Waals surface area (Å²) in [4.78, 5) is 33.8. The third-order valence-corrected chi connectivity index (χ3v) is 3.90. The van der Waals surface area contributed by atoms with Gasteiger partial charge in [-0.15, -0.1) is 0 Å². The number of rotatable bonds is 5. The van der Waals surface area contributed by atoms with Crippen LogP contribution in [0.5, 0.6) is 0 Å². The molecule has 0 saturated carbocycles. The van der Waals surface area contributed by atoms with Crippen molar-refractivity contribution in [2.75, 3.05) is 6.61 Å². The van der Waals surface area contributed by atoms with E-state index in [2.05, 4.69) is 0 Å². The molecule has 1 fully saturated rings. The highest BCUT2D eigenvalue weighted by molar-refractivity contribution is 8.14. The number of hydrogen-bond acceptors (Lipinski definition) is 10. The molecule has 0 aromatic rings. The van der Waals surface area contributed by atoms with Crippen LogP contribution in [0.15, 0.2) is 0 Å². The van der Waals surface area contributed by atoms with E-state index in [1.54, 1.807) is 0 Å². The molecule has 1 saturated heterocycles. The Hall–Kier alpha value is -1.85. The second kappa shape index (κ2) is 8.85. The van der Waals surface area contributed by atoms with Crippen molar-refractivity contribution < 1.29 is 33.3 Å². The summed E-state index contributed by atoms with van der Waals surface area (Å²) in [7, 11) is 0. The largest absolute Gasteiger partial charge is 0.463 e. The Morgan fingerprint density at radius 1 is 1.08 bits per heavy atom. The van der Waals surface area contributed by atoms with E-state index in [4.69, 9.17) is 35.8 Å². The van der Waals surface area contributed by atoms with Crippen molar-refractivity contribution in [1.29, 1.82) is 5.41 Å². The average Bonchev–Trinajstić information content (AvgIpc) is 2.42. The quantitative estimate of drug-likeness (QED) is 0.241. The van der Waals surface area contributed by atoms with Crippen LogP contribution in [0.25, 0.3) is 0 Å². The normalized spacial score (nSPS) is 29.4. The number of ether oxygens (including phenoxy) is 4. The molecule has 0 aromatic carbocycles. The van der Waals surface area contributed by atoms with Crippen LogP contribution in [-0.4, -0.2) is 59.5 Å². The van der Waals surface area contributed by atoms with E-state index >= 15 is 0 Å². The molecule has 0 aliphatic carbocycles. The predicted molar refractivity (Wildman–Crippen MR) is 83.9 cm³/mol. The fourth-order valence-electron chi connectivity index (χ4n) is 2.16. The van der Waals surface area contributed by atoms with Gasteiger partial charge in [0.2, 0.25) is 0 Å². The molecule has 1 aliphatic rings. The first-order valence-corrected chi connectivity index (χ1v) is 7.89. The van der Waals surface area contributed by atoms with Crippen LogP contribution in [0.4, 0.5) is 0 Å². The molecule has 1 aliphatic heterocycles. The van der Waals surface area contributed by atoms with E-state index in [0.717, 1.165) is 11.8 Å². The van der Waals surface area contributed by atoms with Crippen molar-refractivity contribution in [3.8, 4) is 0 Å². The molecule has 1 heterocycles. The molecule has 11 heteroatoms. The summed E-state index contributed by atoms with van der Waals surface area (Å²) in [5.41, 5.74) is 10.5. The molecule has 5 N–H and O–H groups in total. The molecule has 10 nitrogen and oxygen atoms in total. The van der Waals surface area contributed by atoms with Crippen molar-refractivity contribution in [1.82, 2.24) is 0 Å². The lowest BCUT2D eigenvalue weighted by Gasteiger charge is -2.43. The van der Waals surface area contributed by atoms with Crippen LogP contribution in [0.3, 0.4) is 0 Å². The summed E-state index contributed by atoms with van der Waals surface area (Å²) >= 11 is 0.815. The van der Waals surface area contributed by atoms with E-state index in [1.165, 1.54) is 20.8 Å². The summed E-state index contributed by atoms with van der Waals surface area (Å²) < 4.78 is 20.9. The number of carbonyl (C=O) groups excluding carboxylic acids is 3. The fraction of sp³-hybridized carbons (Fsp3) is 0.692. The molecule has 24 heavy (non-hydrogen) atoms. The van der Waals surface area contributed by atoms with E-state index < -0.39 is 47.7 Å². The lowest BCUT2D eigenvalue weighted by Crippen LogP contribution is -2.63. The molecule has 0 aromatic heterocycles. The lowest BCUT2D eigenvalue weighted by molar-refractivity contribution is -0.208. The monoisotopic (exact) mass is 363 g/mol. The van der Waals surface area contributed by atoms with E-state index in [0.29, 0.717) is 0 Å². The highest BCUT2D eigenvalue weighted by atomic mass is 32.2. The summed E-state index contributed by atoms with van der Waals surface area (Å²) in [5.74, 6) is -1.83. The van der Waals surface area contributed by atoms with E-state index in [-0.39, 0.29) is 11.8 Å². The Morgan fingerprint density at radius 3 is 2.08 bits per heavy atom. The third-order valence-electron chi connectivity index (χ3n) is 2.99. The highest BCUT2D eigenvalue weighted by Gasteiger charge is 2.49. The van der Waals surface area contributed by atoms with Gasteiger partial charge in [0.05, 0.1) is 6.04 Å². The molecule has 1 rings (SSSR count). The Kier molecular flexibility index (Phi) is 7.45. The lowest BCUT2D eigenvalue weighted by atomic mass is 9.98. The van der Waals surface area contributed by atoms with Gasteiger partial charge in [0.1, 0.15) is 18.1 Å². The molecule has 0 amide bonds. The van der Waals surface area contributed by atoms with Crippen molar-refractivity contribution in [3.05, 3.63) is 0 Å². The maximum atomic E-state index is 11.4. The second-order valence-corrected chi connectivity index (χ2v) is 6.19. The first kappa shape index (κ1) is 20.2. The number of esters is 3. The number of hydrogen-bond donors (Lipinski definition) is 3. The standard InChI is InChI=1S/C13H21N3O7S/c1-5(17)20-4-8-10(21-6(2)18)11(22-7(3)19)9(14)12(23-8)24-13(15)16/h8-12H,4,14H2,1-3H3,(H3,15,16). The minimum absolute atomic E-state index is 0.243. The van der Waals surface area contributed by atoms with Crippen molar-refractivity contribution in [2.24, 2.45) is 11.5 Å². The maximum Gasteiger partial charge on any atom is 0.303 e. The minimum atomic E-state index is -1.07. The van der Waals surface area contributed by atoms with Gasteiger partial charge in [-0.25, -0.2) is 0 Å². The summed E-state index contributed by atoms with van der Waals surface area (Å²) in [5, 5.41) is 7.10. The van der Waals surface area contributed by atoms with Crippen LogP contribution in [0, 0.1) is 5.41 Å². The summed E-state index contributed by atoms with van der Waals surface area (Å²) in [6.07, 6.45) is -3.04. The number of nitrogens with one attached hydrogen (secondary N) is 1. The van der Waals surface area contributed by atoms with Crippen LogP contribution >= 0.6 is 11.8 Å². The van der Waals surface area contributed by atoms with Crippen LogP contribution in [0.1, 0.15) is 20.8 Å². The van der Waals surface area contributed by atoms with Gasteiger partial charge >= 0.3 is 17.9 Å². The number of amidine groups is 1. The fourth-order valence-corrected chi connectivity index (χ4v) is 2.92. The zero-order chi connectivity index (χ0) is 18.4. The molecule has 0 spiro atoms. The van der Waals surface area contributed by atoms with E-state index in [1.807, 2.05) is 0 Å². The molecular weight excluding hydrogens is 342 g/mol. The van der Waals surface area contributed by atoms with Crippen LogP contribution in [-0.2, 0) is 33.3 Å². The third kappa shape index (κ3) is 5.98. The first-order valence-electron chi connectivity index (χ1n) is 7.01. The van der Waals surface area contributed by atoms with Crippen molar-refractivity contribution in [3.63, 3.8) is 0 Å². The Balaban J connectivity index is 3.08. The van der Waals surface area contributed by atoms with Gasteiger partial charge < -0.3 is 30.4 Å².